The molecule has 0 unspecified atom stereocenters. The molecule has 0 atom stereocenters. The molecule has 0 radical (unpaired) electrons. The second kappa shape index (κ2) is 2.33. The molecule has 42 valence electrons. The Morgan fingerprint density at radius 3 is 2.50 bits per heavy atom. The van der Waals surface area contributed by atoms with E-state index in [9.17, 15) is 0 Å². The van der Waals surface area contributed by atoms with Crippen LogP contribution < -0.4 is 5.19 Å². The number of halogens is 1. The van der Waals surface area contributed by atoms with Crippen LogP contribution in [0.2, 0.25) is 5.02 Å². The normalized spacial score (nSPS) is 9.62. The fourth-order valence-electron chi connectivity index (χ4n) is 0.606. The maximum absolute atomic E-state index is 5.67. The van der Waals surface area contributed by atoms with E-state index in [0.29, 0.717) is 0 Å². The topological polar surface area (TPSA) is 0 Å². The Hall–Kier alpha value is -0.273. The molecule has 0 aliphatic rings. The van der Waals surface area contributed by atoms with Crippen LogP contribution in [0.15, 0.2) is 24.3 Å². The Morgan fingerprint density at radius 2 is 2.12 bits per heavy atom. The van der Waals surface area contributed by atoms with Crippen LogP contribution in [-0.4, -0.2) is 10.2 Å². The van der Waals surface area contributed by atoms with E-state index in [0.717, 1.165) is 15.3 Å². The van der Waals surface area contributed by atoms with Crippen molar-refractivity contribution in [3.05, 3.63) is 29.3 Å². The standard InChI is InChI=1S/C6H7ClSi/c7-5-2-1-3-6(8)4-5/h1-4H,8H3. The molecule has 1 rings (SSSR count). The van der Waals surface area contributed by atoms with Gasteiger partial charge in [-0.2, -0.15) is 0 Å². The van der Waals surface area contributed by atoms with Crippen LogP contribution in [0, 0.1) is 0 Å². The number of hydrogen-bond acceptors (Lipinski definition) is 0. The summed E-state index contributed by atoms with van der Waals surface area (Å²) in [5.41, 5.74) is 0. The summed E-state index contributed by atoms with van der Waals surface area (Å²) >= 11 is 5.67. The van der Waals surface area contributed by atoms with Crippen molar-refractivity contribution in [1.29, 1.82) is 0 Å². The molecule has 0 spiro atoms. The molecule has 0 aromatic heterocycles. The monoisotopic (exact) mass is 142 g/mol. The zero-order chi connectivity index (χ0) is 5.98. The van der Waals surface area contributed by atoms with Crippen molar-refractivity contribution in [3.63, 3.8) is 0 Å². The summed E-state index contributed by atoms with van der Waals surface area (Å²) in [6, 6.07) is 7.94. The molecule has 0 aliphatic heterocycles. The molecular weight excluding hydrogens is 136 g/mol. The second-order valence-corrected chi connectivity index (χ2v) is 3.39. The Labute approximate surface area is 56.9 Å². The van der Waals surface area contributed by atoms with Gasteiger partial charge in [0.1, 0.15) is 0 Å². The van der Waals surface area contributed by atoms with Crippen LogP contribution in [0.3, 0.4) is 0 Å². The van der Waals surface area contributed by atoms with Crippen molar-refractivity contribution in [2.24, 2.45) is 0 Å². The summed E-state index contributed by atoms with van der Waals surface area (Å²) in [6.45, 7) is 0. The summed E-state index contributed by atoms with van der Waals surface area (Å²) in [6.07, 6.45) is 0. The maximum atomic E-state index is 5.67. The van der Waals surface area contributed by atoms with Gasteiger partial charge in [-0.05, 0) is 12.1 Å². The van der Waals surface area contributed by atoms with E-state index in [1.165, 1.54) is 5.19 Å². The first-order valence-electron chi connectivity index (χ1n) is 2.51. The lowest BCUT2D eigenvalue weighted by atomic mass is 10.4. The third-order valence-electron chi connectivity index (χ3n) is 0.980. The first kappa shape index (κ1) is 5.86. The highest BCUT2D eigenvalue weighted by Gasteiger charge is 1.82. The lowest BCUT2D eigenvalue weighted by molar-refractivity contribution is 1.77. The van der Waals surface area contributed by atoms with E-state index < -0.39 is 0 Å². The number of rotatable bonds is 0. The molecule has 0 saturated heterocycles. The lowest BCUT2D eigenvalue weighted by Gasteiger charge is -1.88. The molecule has 2 heteroatoms. The van der Waals surface area contributed by atoms with Gasteiger partial charge in [0.25, 0.3) is 0 Å². The first-order valence-corrected chi connectivity index (χ1v) is 3.89. The highest BCUT2D eigenvalue weighted by Crippen LogP contribution is 2.01. The van der Waals surface area contributed by atoms with Gasteiger partial charge in [0, 0.05) is 15.3 Å². The smallest absolute Gasteiger partial charge is 0.0404 e. The number of benzene rings is 1. The van der Waals surface area contributed by atoms with Gasteiger partial charge in [-0.3, -0.25) is 0 Å². The van der Waals surface area contributed by atoms with Crippen molar-refractivity contribution in [3.8, 4) is 0 Å². The predicted molar refractivity (Wildman–Crippen MR) is 41.0 cm³/mol. The lowest BCUT2D eigenvalue weighted by Crippen LogP contribution is -1.98. The molecule has 0 fully saturated rings. The van der Waals surface area contributed by atoms with E-state index in [1.807, 2.05) is 18.2 Å². The van der Waals surface area contributed by atoms with Gasteiger partial charge < -0.3 is 0 Å². The minimum absolute atomic E-state index is 0.845. The van der Waals surface area contributed by atoms with Crippen LogP contribution in [0.1, 0.15) is 0 Å². The Bertz CT molecular complexity index is 168. The average Bonchev–Trinajstić information content (AvgIpc) is 1.64. The predicted octanol–water partition coefficient (Wildman–Crippen LogP) is 0.331. The largest absolute Gasteiger partial charge is 0.0844 e. The van der Waals surface area contributed by atoms with Crippen LogP contribution in [0.25, 0.3) is 0 Å². The van der Waals surface area contributed by atoms with Gasteiger partial charge in [-0.15, -0.1) is 0 Å². The van der Waals surface area contributed by atoms with Gasteiger partial charge in [-0.1, -0.05) is 28.9 Å². The third kappa shape index (κ3) is 1.35. The zero-order valence-electron chi connectivity index (χ0n) is 4.69. The van der Waals surface area contributed by atoms with Crippen LogP contribution >= 0.6 is 11.6 Å². The van der Waals surface area contributed by atoms with Crippen molar-refractivity contribution in [2.75, 3.05) is 0 Å². The second-order valence-electron chi connectivity index (χ2n) is 1.80. The summed E-state index contributed by atoms with van der Waals surface area (Å²) in [5.74, 6) is 0. The van der Waals surface area contributed by atoms with E-state index in [2.05, 4.69) is 6.07 Å². The summed E-state index contributed by atoms with van der Waals surface area (Å²) in [7, 11) is 1.09. The van der Waals surface area contributed by atoms with E-state index >= 15 is 0 Å². The van der Waals surface area contributed by atoms with Gasteiger partial charge in [-0.25, -0.2) is 0 Å². The first-order chi connectivity index (χ1) is 3.79. The van der Waals surface area contributed by atoms with Crippen LogP contribution in [-0.2, 0) is 0 Å². The highest BCUT2D eigenvalue weighted by molar-refractivity contribution is 6.36. The SMILES string of the molecule is [SiH3]c1cccc(Cl)c1. The van der Waals surface area contributed by atoms with Gasteiger partial charge in [0.15, 0.2) is 0 Å². The minimum atomic E-state index is 0.845. The summed E-state index contributed by atoms with van der Waals surface area (Å²) in [4.78, 5) is 0. The molecule has 0 saturated carbocycles. The van der Waals surface area contributed by atoms with Crippen molar-refractivity contribution >= 4 is 27.0 Å². The number of hydrogen-bond donors (Lipinski definition) is 0. The van der Waals surface area contributed by atoms with E-state index in [4.69, 9.17) is 11.6 Å². The van der Waals surface area contributed by atoms with Crippen LogP contribution in [0.5, 0.6) is 0 Å². The molecule has 0 amide bonds. The summed E-state index contributed by atoms with van der Waals surface area (Å²) in [5, 5.41) is 2.19. The summed E-state index contributed by atoms with van der Waals surface area (Å²) < 4.78 is 0. The molecular formula is C6H7ClSi. The van der Waals surface area contributed by atoms with Gasteiger partial charge in [0.05, 0.1) is 0 Å². The van der Waals surface area contributed by atoms with E-state index in [-0.39, 0.29) is 0 Å². The molecule has 0 aliphatic carbocycles. The molecule has 1 aromatic carbocycles. The maximum Gasteiger partial charge on any atom is 0.0404 e. The third-order valence-corrected chi connectivity index (χ3v) is 1.84. The van der Waals surface area contributed by atoms with Gasteiger partial charge in [0.2, 0.25) is 0 Å². The molecule has 1 aromatic rings. The Morgan fingerprint density at radius 1 is 1.38 bits per heavy atom. The zero-order valence-corrected chi connectivity index (χ0v) is 7.44. The molecule has 0 N–H and O–H groups in total. The fourth-order valence-corrected chi connectivity index (χ4v) is 1.54. The van der Waals surface area contributed by atoms with Crippen molar-refractivity contribution in [2.45, 2.75) is 0 Å². The fraction of sp³-hybridized carbons (Fsp3) is 0. The average molecular weight is 143 g/mol. The molecule has 0 nitrogen and oxygen atoms in total. The Balaban J connectivity index is 3.08. The quantitative estimate of drug-likeness (QED) is 0.458. The molecule has 8 heavy (non-hydrogen) atoms. The van der Waals surface area contributed by atoms with E-state index in [1.54, 1.807) is 0 Å². The highest BCUT2D eigenvalue weighted by atomic mass is 35.5. The van der Waals surface area contributed by atoms with Crippen molar-refractivity contribution < 1.29 is 0 Å². The molecule has 0 bridgehead atoms. The van der Waals surface area contributed by atoms with Gasteiger partial charge >= 0.3 is 0 Å². The Kier molecular flexibility index (Phi) is 1.71. The minimum Gasteiger partial charge on any atom is -0.0844 e. The molecule has 0 heterocycles. The van der Waals surface area contributed by atoms with Crippen molar-refractivity contribution in [1.82, 2.24) is 0 Å². The van der Waals surface area contributed by atoms with Crippen LogP contribution in [0.4, 0.5) is 0 Å².